The maximum atomic E-state index is 12.6. The third kappa shape index (κ3) is 2.44. The van der Waals surface area contributed by atoms with Gasteiger partial charge in [0.2, 0.25) is 5.91 Å². The zero-order valence-electron chi connectivity index (χ0n) is 12.2. The van der Waals surface area contributed by atoms with Crippen molar-refractivity contribution in [2.24, 2.45) is 5.92 Å². The number of amides is 1. The highest BCUT2D eigenvalue weighted by molar-refractivity contribution is 6.39. The number of carbonyl (C=O) groups excluding carboxylic acids is 4. The number of rotatable bonds is 3. The van der Waals surface area contributed by atoms with Gasteiger partial charge in [0.15, 0.2) is 17.3 Å². The minimum atomic E-state index is -1.40. The van der Waals surface area contributed by atoms with E-state index in [1.165, 1.54) is 43.6 Å². The Labute approximate surface area is 131 Å². The zero-order valence-corrected chi connectivity index (χ0v) is 12.2. The van der Waals surface area contributed by atoms with Crippen LogP contribution in [0.15, 0.2) is 42.7 Å². The molecule has 0 saturated carbocycles. The SMILES string of the molecule is CC(=O)Nc1cccc2c1C(=O)C(C(=O)c1ccncc1)C2=O. The number of benzene rings is 1. The Hall–Kier alpha value is -3.15. The summed E-state index contributed by atoms with van der Waals surface area (Å²) in [6.45, 7) is 1.31. The number of hydrogen-bond donors (Lipinski definition) is 1. The average molecular weight is 308 g/mol. The van der Waals surface area contributed by atoms with E-state index in [2.05, 4.69) is 10.3 Å². The molecular weight excluding hydrogens is 296 g/mol. The van der Waals surface area contributed by atoms with Gasteiger partial charge in [0, 0.05) is 30.4 Å². The van der Waals surface area contributed by atoms with Gasteiger partial charge >= 0.3 is 0 Å². The minimum absolute atomic E-state index is 0.0973. The number of anilines is 1. The van der Waals surface area contributed by atoms with Crippen molar-refractivity contribution >= 4 is 28.9 Å². The van der Waals surface area contributed by atoms with E-state index in [1.54, 1.807) is 6.07 Å². The summed E-state index contributed by atoms with van der Waals surface area (Å²) in [5, 5.41) is 2.52. The Balaban J connectivity index is 2.04. The number of hydrogen-bond acceptors (Lipinski definition) is 5. The molecule has 1 amide bonds. The summed E-state index contributed by atoms with van der Waals surface area (Å²) in [6, 6.07) is 7.50. The number of ketones is 3. The molecule has 0 aliphatic heterocycles. The van der Waals surface area contributed by atoms with Crippen LogP contribution in [-0.4, -0.2) is 28.2 Å². The largest absolute Gasteiger partial charge is 0.326 e. The van der Waals surface area contributed by atoms with Gasteiger partial charge in [-0.3, -0.25) is 24.2 Å². The van der Waals surface area contributed by atoms with Gasteiger partial charge in [-0.15, -0.1) is 0 Å². The Bertz CT molecular complexity index is 843. The summed E-state index contributed by atoms with van der Waals surface area (Å²) in [5.41, 5.74) is 0.757. The summed E-state index contributed by atoms with van der Waals surface area (Å²) in [5.74, 6) is -3.45. The second-order valence-electron chi connectivity index (χ2n) is 5.17. The van der Waals surface area contributed by atoms with Gasteiger partial charge in [-0.05, 0) is 18.2 Å². The molecule has 2 aromatic rings. The Morgan fingerprint density at radius 3 is 2.39 bits per heavy atom. The lowest BCUT2D eigenvalue weighted by Crippen LogP contribution is -2.25. The van der Waals surface area contributed by atoms with Crippen molar-refractivity contribution in [1.82, 2.24) is 4.98 Å². The summed E-state index contributed by atoms with van der Waals surface area (Å²) < 4.78 is 0. The predicted octanol–water partition coefficient (Wildman–Crippen LogP) is 1.92. The quantitative estimate of drug-likeness (QED) is 0.690. The molecule has 6 heteroatoms. The highest BCUT2D eigenvalue weighted by atomic mass is 16.2. The van der Waals surface area contributed by atoms with E-state index < -0.39 is 23.3 Å². The van der Waals surface area contributed by atoms with Crippen molar-refractivity contribution in [2.75, 3.05) is 5.32 Å². The molecule has 1 atom stereocenters. The molecule has 1 aromatic carbocycles. The van der Waals surface area contributed by atoms with Gasteiger partial charge in [-0.25, -0.2) is 0 Å². The smallest absolute Gasteiger partial charge is 0.221 e. The van der Waals surface area contributed by atoms with Crippen molar-refractivity contribution < 1.29 is 19.2 Å². The molecule has 1 aliphatic carbocycles. The maximum absolute atomic E-state index is 12.6. The number of aromatic nitrogens is 1. The minimum Gasteiger partial charge on any atom is -0.326 e. The number of pyridine rings is 1. The summed E-state index contributed by atoms with van der Waals surface area (Å²) in [4.78, 5) is 52.7. The number of nitrogens with zero attached hydrogens (tertiary/aromatic N) is 1. The molecule has 0 saturated heterocycles. The monoisotopic (exact) mass is 308 g/mol. The summed E-state index contributed by atoms with van der Waals surface area (Å²) in [6.07, 6.45) is 2.85. The van der Waals surface area contributed by atoms with E-state index in [4.69, 9.17) is 0 Å². The first-order chi connectivity index (χ1) is 11.0. The van der Waals surface area contributed by atoms with Crippen LogP contribution >= 0.6 is 0 Å². The highest BCUT2D eigenvalue weighted by Gasteiger charge is 2.44. The maximum Gasteiger partial charge on any atom is 0.221 e. The fourth-order valence-corrected chi connectivity index (χ4v) is 2.66. The topological polar surface area (TPSA) is 93.2 Å². The van der Waals surface area contributed by atoms with Gasteiger partial charge in [0.1, 0.15) is 5.92 Å². The molecule has 1 N–H and O–H groups in total. The van der Waals surface area contributed by atoms with Gasteiger partial charge in [0.05, 0.1) is 11.3 Å². The van der Waals surface area contributed by atoms with E-state index in [-0.39, 0.29) is 28.3 Å². The van der Waals surface area contributed by atoms with E-state index >= 15 is 0 Å². The van der Waals surface area contributed by atoms with E-state index in [0.717, 1.165) is 0 Å². The Morgan fingerprint density at radius 2 is 1.74 bits per heavy atom. The molecule has 1 heterocycles. The number of Topliss-reactive ketones (excluding diaryl/α,β-unsaturated/α-hetero) is 3. The number of carbonyl (C=O) groups is 4. The first-order valence-electron chi connectivity index (χ1n) is 6.94. The van der Waals surface area contributed by atoms with Crippen molar-refractivity contribution in [3.63, 3.8) is 0 Å². The lowest BCUT2D eigenvalue weighted by atomic mass is 9.94. The van der Waals surface area contributed by atoms with Crippen LogP contribution in [0.25, 0.3) is 0 Å². The highest BCUT2D eigenvalue weighted by Crippen LogP contribution is 2.34. The van der Waals surface area contributed by atoms with Crippen LogP contribution in [0.4, 0.5) is 5.69 Å². The van der Waals surface area contributed by atoms with Gasteiger partial charge < -0.3 is 5.32 Å². The second-order valence-corrected chi connectivity index (χ2v) is 5.17. The first-order valence-corrected chi connectivity index (χ1v) is 6.94. The molecule has 1 aliphatic rings. The van der Waals surface area contributed by atoms with Crippen LogP contribution in [0, 0.1) is 5.92 Å². The van der Waals surface area contributed by atoms with Crippen molar-refractivity contribution in [1.29, 1.82) is 0 Å². The number of nitrogens with one attached hydrogen (secondary N) is 1. The zero-order chi connectivity index (χ0) is 16.6. The van der Waals surface area contributed by atoms with Crippen molar-refractivity contribution in [2.45, 2.75) is 6.92 Å². The molecule has 114 valence electrons. The van der Waals surface area contributed by atoms with Crippen molar-refractivity contribution in [3.8, 4) is 0 Å². The fourth-order valence-electron chi connectivity index (χ4n) is 2.66. The summed E-state index contributed by atoms with van der Waals surface area (Å²) >= 11 is 0. The molecule has 3 rings (SSSR count). The van der Waals surface area contributed by atoms with Crippen LogP contribution in [0.3, 0.4) is 0 Å². The molecule has 1 unspecified atom stereocenters. The van der Waals surface area contributed by atoms with Crippen LogP contribution in [0.1, 0.15) is 38.0 Å². The van der Waals surface area contributed by atoms with Gasteiger partial charge in [-0.2, -0.15) is 0 Å². The molecule has 0 bridgehead atoms. The fraction of sp³-hybridized carbons (Fsp3) is 0.118. The Kier molecular flexibility index (Phi) is 3.57. The first kappa shape index (κ1) is 14.8. The third-order valence-corrected chi connectivity index (χ3v) is 3.64. The average Bonchev–Trinajstić information content (AvgIpc) is 2.79. The molecule has 0 fully saturated rings. The van der Waals surface area contributed by atoms with Crippen LogP contribution < -0.4 is 5.32 Å². The molecule has 6 nitrogen and oxygen atoms in total. The van der Waals surface area contributed by atoms with E-state index in [1.807, 2.05) is 0 Å². The van der Waals surface area contributed by atoms with Gasteiger partial charge in [-0.1, -0.05) is 12.1 Å². The standard InChI is InChI=1S/C17H12N2O4/c1-9(20)19-12-4-2-3-11-13(12)17(23)14(16(11)22)15(21)10-5-7-18-8-6-10/h2-8,14H,1H3,(H,19,20). The molecule has 23 heavy (non-hydrogen) atoms. The van der Waals surface area contributed by atoms with E-state index in [9.17, 15) is 19.2 Å². The Morgan fingerprint density at radius 1 is 1.04 bits per heavy atom. The number of fused-ring (bicyclic) bond motifs is 1. The lowest BCUT2D eigenvalue weighted by molar-refractivity contribution is -0.114. The van der Waals surface area contributed by atoms with Crippen LogP contribution in [-0.2, 0) is 4.79 Å². The third-order valence-electron chi connectivity index (χ3n) is 3.64. The lowest BCUT2D eigenvalue weighted by Gasteiger charge is -2.07. The van der Waals surface area contributed by atoms with Crippen LogP contribution in [0.2, 0.25) is 0 Å². The summed E-state index contributed by atoms with van der Waals surface area (Å²) in [7, 11) is 0. The molecule has 0 spiro atoms. The van der Waals surface area contributed by atoms with E-state index in [0.29, 0.717) is 0 Å². The second kappa shape index (κ2) is 5.57. The molecule has 0 radical (unpaired) electrons. The normalized spacial score (nSPS) is 16.1. The molecular formula is C17H12N2O4. The van der Waals surface area contributed by atoms with Gasteiger partial charge in [0.25, 0.3) is 0 Å². The molecule has 1 aromatic heterocycles. The van der Waals surface area contributed by atoms with Crippen LogP contribution in [0.5, 0.6) is 0 Å². The van der Waals surface area contributed by atoms with Crippen molar-refractivity contribution in [3.05, 3.63) is 59.4 Å². The predicted molar refractivity (Wildman–Crippen MR) is 81.5 cm³/mol.